The highest BCUT2D eigenvalue weighted by Crippen LogP contribution is 2.33. The second-order valence-corrected chi connectivity index (χ2v) is 7.25. The second kappa shape index (κ2) is 9.69. The zero-order valence-corrected chi connectivity index (χ0v) is 17.7. The molecular formula is C25H21N3O5. The molecule has 3 aromatic rings. The van der Waals surface area contributed by atoms with Crippen LogP contribution in [-0.4, -0.2) is 29.9 Å². The summed E-state index contributed by atoms with van der Waals surface area (Å²) in [7, 11) is 0. The van der Waals surface area contributed by atoms with Crippen molar-refractivity contribution in [2.75, 3.05) is 6.79 Å². The molecule has 3 N–H and O–H groups in total. The molecule has 166 valence electrons. The van der Waals surface area contributed by atoms with Gasteiger partial charge in [-0.25, -0.2) is 5.43 Å². The third-order valence-corrected chi connectivity index (χ3v) is 4.79. The van der Waals surface area contributed by atoms with E-state index in [4.69, 9.17) is 9.47 Å². The van der Waals surface area contributed by atoms with Gasteiger partial charge in [0.2, 0.25) is 6.79 Å². The van der Waals surface area contributed by atoms with Crippen LogP contribution in [0.2, 0.25) is 0 Å². The van der Waals surface area contributed by atoms with E-state index in [9.17, 15) is 14.7 Å². The van der Waals surface area contributed by atoms with Gasteiger partial charge in [-0.2, -0.15) is 5.10 Å². The van der Waals surface area contributed by atoms with Gasteiger partial charge in [0, 0.05) is 11.1 Å². The molecule has 0 bridgehead atoms. The maximum absolute atomic E-state index is 12.9. The van der Waals surface area contributed by atoms with Crippen LogP contribution in [0.15, 0.2) is 77.5 Å². The van der Waals surface area contributed by atoms with Crippen molar-refractivity contribution < 1.29 is 24.2 Å². The molecule has 0 saturated carbocycles. The minimum absolute atomic E-state index is 0.0204. The zero-order valence-electron chi connectivity index (χ0n) is 17.7. The number of benzene rings is 3. The van der Waals surface area contributed by atoms with E-state index in [1.807, 2.05) is 13.0 Å². The second-order valence-electron chi connectivity index (χ2n) is 7.25. The Labute approximate surface area is 190 Å². The maximum atomic E-state index is 12.9. The monoisotopic (exact) mass is 443 g/mol. The molecule has 1 aliphatic heterocycles. The SMILES string of the molecule is Cc1ccc(C=NNC(=O)C(=Cc2ccc3c(c2)OCO3)NC(=O)c2ccccc2)c(O)c1. The van der Waals surface area contributed by atoms with E-state index >= 15 is 0 Å². The predicted molar refractivity (Wildman–Crippen MR) is 123 cm³/mol. The molecule has 1 heterocycles. The highest BCUT2D eigenvalue weighted by Gasteiger charge is 2.17. The molecule has 0 atom stereocenters. The minimum Gasteiger partial charge on any atom is -0.507 e. The number of carbonyl (C=O) groups is 2. The lowest BCUT2D eigenvalue weighted by molar-refractivity contribution is -0.117. The van der Waals surface area contributed by atoms with Gasteiger partial charge in [-0.05, 0) is 60.5 Å². The summed E-state index contributed by atoms with van der Waals surface area (Å²) < 4.78 is 10.7. The molecule has 0 fully saturated rings. The maximum Gasteiger partial charge on any atom is 0.287 e. The number of rotatable bonds is 6. The van der Waals surface area contributed by atoms with Crippen molar-refractivity contribution in [2.24, 2.45) is 5.10 Å². The Hall–Kier alpha value is -4.59. The Morgan fingerprint density at radius 3 is 2.58 bits per heavy atom. The molecule has 0 aliphatic carbocycles. The molecule has 0 radical (unpaired) electrons. The van der Waals surface area contributed by atoms with Gasteiger partial charge in [-0.15, -0.1) is 0 Å². The van der Waals surface area contributed by atoms with Crippen LogP contribution < -0.4 is 20.2 Å². The Bertz CT molecular complexity index is 1250. The number of nitrogens with zero attached hydrogens (tertiary/aromatic N) is 1. The van der Waals surface area contributed by atoms with Crippen molar-refractivity contribution in [1.82, 2.24) is 10.7 Å². The van der Waals surface area contributed by atoms with E-state index in [0.29, 0.717) is 28.2 Å². The quantitative estimate of drug-likeness (QED) is 0.308. The molecular weight excluding hydrogens is 422 g/mol. The number of hydrogen-bond donors (Lipinski definition) is 3. The summed E-state index contributed by atoms with van der Waals surface area (Å²) in [5, 5.41) is 16.5. The van der Waals surface area contributed by atoms with Crippen LogP contribution in [0, 0.1) is 6.92 Å². The van der Waals surface area contributed by atoms with E-state index in [1.165, 1.54) is 12.3 Å². The van der Waals surface area contributed by atoms with Crippen molar-refractivity contribution in [2.45, 2.75) is 6.92 Å². The van der Waals surface area contributed by atoms with Gasteiger partial charge in [0.05, 0.1) is 6.21 Å². The molecule has 0 unspecified atom stereocenters. The summed E-state index contributed by atoms with van der Waals surface area (Å²) in [5.41, 5.74) is 4.72. The molecule has 4 rings (SSSR count). The Morgan fingerprint density at radius 2 is 1.79 bits per heavy atom. The number of hydrogen-bond acceptors (Lipinski definition) is 6. The van der Waals surface area contributed by atoms with Crippen LogP contribution in [0.5, 0.6) is 17.2 Å². The average Bonchev–Trinajstić information content (AvgIpc) is 3.28. The number of hydrazone groups is 1. The van der Waals surface area contributed by atoms with Crippen LogP contribution >= 0.6 is 0 Å². The van der Waals surface area contributed by atoms with Crippen LogP contribution in [-0.2, 0) is 4.79 Å². The lowest BCUT2D eigenvalue weighted by Gasteiger charge is -2.09. The summed E-state index contributed by atoms with van der Waals surface area (Å²) in [5.74, 6) is 0.110. The summed E-state index contributed by atoms with van der Waals surface area (Å²) in [6.07, 6.45) is 2.83. The first-order chi connectivity index (χ1) is 16.0. The molecule has 0 aromatic heterocycles. The summed E-state index contributed by atoms with van der Waals surface area (Å²) >= 11 is 0. The number of carbonyl (C=O) groups excluding carboxylic acids is 2. The first kappa shape index (κ1) is 21.6. The smallest absolute Gasteiger partial charge is 0.287 e. The molecule has 3 aromatic carbocycles. The van der Waals surface area contributed by atoms with Gasteiger partial charge in [0.25, 0.3) is 11.8 Å². The summed E-state index contributed by atoms with van der Waals surface area (Å²) in [4.78, 5) is 25.5. The summed E-state index contributed by atoms with van der Waals surface area (Å²) in [6, 6.07) is 18.8. The van der Waals surface area contributed by atoms with E-state index in [1.54, 1.807) is 60.7 Å². The van der Waals surface area contributed by atoms with Gasteiger partial charge in [0.1, 0.15) is 11.4 Å². The van der Waals surface area contributed by atoms with Crippen molar-refractivity contribution in [3.8, 4) is 17.2 Å². The number of fused-ring (bicyclic) bond motifs is 1. The van der Waals surface area contributed by atoms with Gasteiger partial charge < -0.3 is 19.9 Å². The molecule has 8 heteroatoms. The highest BCUT2D eigenvalue weighted by molar-refractivity contribution is 6.05. The van der Waals surface area contributed by atoms with Crippen LogP contribution in [0.3, 0.4) is 0 Å². The predicted octanol–water partition coefficient (Wildman–Crippen LogP) is 3.35. The Kier molecular flexibility index (Phi) is 6.36. The molecule has 0 spiro atoms. The Morgan fingerprint density at radius 1 is 1.00 bits per heavy atom. The highest BCUT2D eigenvalue weighted by atomic mass is 16.7. The average molecular weight is 443 g/mol. The number of aromatic hydroxyl groups is 1. The number of amides is 2. The van der Waals surface area contributed by atoms with Crippen molar-refractivity contribution in [3.63, 3.8) is 0 Å². The van der Waals surface area contributed by atoms with Crippen LogP contribution in [0.25, 0.3) is 6.08 Å². The largest absolute Gasteiger partial charge is 0.507 e. The fourth-order valence-corrected chi connectivity index (χ4v) is 3.10. The fourth-order valence-electron chi connectivity index (χ4n) is 3.10. The van der Waals surface area contributed by atoms with Gasteiger partial charge in [0.15, 0.2) is 11.5 Å². The van der Waals surface area contributed by atoms with Crippen molar-refractivity contribution >= 4 is 24.1 Å². The summed E-state index contributed by atoms with van der Waals surface area (Å²) in [6.45, 7) is 1.98. The number of ether oxygens (including phenoxy) is 2. The zero-order chi connectivity index (χ0) is 23.2. The molecule has 2 amide bonds. The number of aryl methyl sites for hydroxylation is 1. The van der Waals surface area contributed by atoms with E-state index in [2.05, 4.69) is 15.8 Å². The first-order valence-corrected chi connectivity index (χ1v) is 10.1. The third-order valence-electron chi connectivity index (χ3n) is 4.79. The van der Waals surface area contributed by atoms with Crippen molar-refractivity contribution in [3.05, 3.63) is 94.7 Å². The standard InChI is InChI=1S/C25H21N3O5/c1-16-7-9-19(21(29)11-16)14-26-28-25(31)20(27-24(30)18-5-3-2-4-6-18)12-17-8-10-22-23(13-17)33-15-32-22/h2-14,29H,15H2,1H3,(H,27,30)(H,28,31). The van der Waals surface area contributed by atoms with Gasteiger partial charge in [-0.3, -0.25) is 9.59 Å². The van der Waals surface area contributed by atoms with E-state index < -0.39 is 11.8 Å². The topological polar surface area (TPSA) is 109 Å². The number of nitrogens with one attached hydrogen (secondary N) is 2. The van der Waals surface area contributed by atoms with Crippen LogP contribution in [0.1, 0.15) is 27.0 Å². The Balaban J connectivity index is 1.56. The first-order valence-electron chi connectivity index (χ1n) is 10.1. The normalized spacial score (nSPS) is 12.6. The van der Waals surface area contributed by atoms with Gasteiger partial charge in [-0.1, -0.05) is 30.3 Å². The number of phenols is 1. The minimum atomic E-state index is -0.639. The molecule has 1 aliphatic rings. The van der Waals surface area contributed by atoms with E-state index in [0.717, 1.165) is 5.56 Å². The van der Waals surface area contributed by atoms with Gasteiger partial charge >= 0.3 is 0 Å². The number of phenolic OH excluding ortho intramolecular Hbond substituents is 1. The van der Waals surface area contributed by atoms with E-state index in [-0.39, 0.29) is 18.2 Å². The molecule has 8 nitrogen and oxygen atoms in total. The lowest BCUT2D eigenvalue weighted by Crippen LogP contribution is -2.32. The fraction of sp³-hybridized carbons (Fsp3) is 0.0800. The van der Waals surface area contributed by atoms with Crippen molar-refractivity contribution in [1.29, 1.82) is 0 Å². The molecule has 0 saturated heterocycles. The lowest BCUT2D eigenvalue weighted by atomic mass is 10.1. The molecule has 33 heavy (non-hydrogen) atoms. The third kappa shape index (κ3) is 5.37. The van der Waals surface area contributed by atoms with Crippen LogP contribution in [0.4, 0.5) is 0 Å².